The van der Waals surface area contributed by atoms with Crippen LogP contribution in [0, 0.1) is 5.41 Å². The highest BCUT2D eigenvalue weighted by molar-refractivity contribution is 6.30. The number of carboxylic acid groups (broad SMARTS) is 1. The van der Waals surface area contributed by atoms with Gasteiger partial charge in [-0.05, 0) is 18.9 Å². The minimum Gasteiger partial charge on any atom is -0.478 e. The van der Waals surface area contributed by atoms with Gasteiger partial charge in [0.1, 0.15) is 11.0 Å². The second-order valence-corrected chi connectivity index (χ2v) is 6.57. The van der Waals surface area contributed by atoms with Crippen LogP contribution in [0.25, 0.3) is 0 Å². The topological polar surface area (TPSA) is 71.2 Å². The summed E-state index contributed by atoms with van der Waals surface area (Å²) >= 11 is 6.27. The minimum atomic E-state index is -0.988. The maximum Gasteiger partial charge on any atom is 0.338 e. The van der Waals surface area contributed by atoms with E-state index in [4.69, 9.17) is 16.7 Å². The third-order valence-electron chi connectivity index (χ3n) is 4.46. The Morgan fingerprint density at radius 1 is 1.36 bits per heavy atom. The van der Waals surface area contributed by atoms with Crippen LogP contribution in [0.5, 0.6) is 0 Å². The molecule has 1 spiro atoms. The number of carboxylic acids is 1. The number of hydrogen-bond acceptors (Lipinski definition) is 4. The summed E-state index contributed by atoms with van der Waals surface area (Å²) in [5, 5.41) is 13.4. The van der Waals surface area contributed by atoms with E-state index in [9.17, 15) is 4.79 Å². The van der Waals surface area contributed by atoms with E-state index in [1.165, 1.54) is 25.2 Å². The second-order valence-electron chi connectivity index (χ2n) is 6.21. The summed E-state index contributed by atoms with van der Waals surface area (Å²) < 4.78 is 1.55. The zero-order valence-electron chi connectivity index (χ0n) is 11.9. The summed E-state index contributed by atoms with van der Waals surface area (Å²) in [7, 11) is 0. The number of nitrogens with zero attached hydrogens (tertiary/aromatic N) is 4. The Kier molecular flexibility index (Phi) is 2.91. The van der Waals surface area contributed by atoms with Crippen LogP contribution < -0.4 is 4.90 Å². The van der Waals surface area contributed by atoms with Crippen LogP contribution in [-0.2, 0) is 6.54 Å². The molecule has 2 aromatic heterocycles. The maximum absolute atomic E-state index is 10.9. The SMILES string of the molecule is O=C(O)c1cnn(Cc2ccc(N3CC4(CC4)C3)nc2Cl)c1. The highest BCUT2D eigenvalue weighted by atomic mass is 35.5. The van der Waals surface area contributed by atoms with Crippen LogP contribution in [0.15, 0.2) is 24.5 Å². The summed E-state index contributed by atoms with van der Waals surface area (Å²) in [5.41, 5.74) is 1.57. The molecule has 22 heavy (non-hydrogen) atoms. The molecule has 1 saturated carbocycles. The quantitative estimate of drug-likeness (QED) is 0.876. The standard InChI is InChI=1S/C15H15ClN4O2/c16-13-10(6-20-7-11(5-17-20)14(21)22)1-2-12(18-13)19-8-15(9-19)3-4-15/h1-2,5,7H,3-4,6,8-9H2,(H,21,22). The zero-order valence-corrected chi connectivity index (χ0v) is 12.6. The fourth-order valence-electron chi connectivity index (χ4n) is 2.90. The summed E-state index contributed by atoms with van der Waals surface area (Å²) in [6.07, 6.45) is 5.48. The van der Waals surface area contributed by atoms with E-state index >= 15 is 0 Å². The summed E-state index contributed by atoms with van der Waals surface area (Å²) in [6, 6.07) is 3.91. The first-order valence-electron chi connectivity index (χ1n) is 7.21. The molecule has 1 N–H and O–H groups in total. The Morgan fingerprint density at radius 3 is 2.73 bits per heavy atom. The van der Waals surface area contributed by atoms with Gasteiger partial charge in [-0.2, -0.15) is 5.10 Å². The van der Waals surface area contributed by atoms with Crippen LogP contribution in [0.4, 0.5) is 5.82 Å². The van der Waals surface area contributed by atoms with E-state index in [-0.39, 0.29) is 5.56 Å². The summed E-state index contributed by atoms with van der Waals surface area (Å²) in [6.45, 7) is 2.57. The van der Waals surface area contributed by atoms with Crippen LogP contribution in [0.2, 0.25) is 5.15 Å². The molecule has 1 aliphatic carbocycles. The highest BCUT2D eigenvalue weighted by Crippen LogP contribution is 2.53. The number of aromatic carboxylic acids is 1. The van der Waals surface area contributed by atoms with Crippen LogP contribution in [0.1, 0.15) is 28.8 Å². The fraction of sp³-hybridized carbons (Fsp3) is 0.400. The maximum atomic E-state index is 10.9. The van der Waals surface area contributed by atoms with Crippen molar-refractivity contribution in [1.82, 2.24) is 14.8 Å². The fourth-order valence-corrected chi connectivity index (χ4v) is 3.11. The molecule has 0 radical (unpaired) electrons. The number of rotatable bonds is 4. The molecular formula is C15H15ClN4O2. The lowest BCUT2D eigenvalue weighted by Crippen LogP contribution is -2.48. The molecule has 6 nitrogen and oxygen atoms in total. The van der Waals surface area contributed by atoms with Gasteiger partial charge in [0, 0.05) is 30.3 Å². The number of aromatic nitrogens is 3. The van der Waals surface area contributed by atoms with Crippen molar-refractivity contribution in [3.8, 4) is 0 Å². The lowest BCUT2D eigenvalue weighted by atomic mass is 9.97. The van der Waals surface area contributed by atoms with Crippen molar-refractivity contribution in [1.29, 1.82) is 0 Å². The Morgan fingerprint density at radius 2 is 2.14 bits per heavy atom. The first-order valence-corrected chi connectivity index (χ1v) is 7.59. The molecular weight excluding hydrogens is 304 g/mol. The minimum absolute atomic E-state index is 0.163. The predicted octanol–water partition coefficient (Wildman–Crippen LogP) is 2.28. The van der Waals surface area contributed by atoms with Crippen molar-refractivity contribution >= 4 is 23.4 Å². The number of pyridine rings is 1. The van der Waals surface area contributed by atoms with Crippen molar-refractivity contribution in [3.63, 3.8) is 0 Å². The lowest BCUT2D eigenvalue weighted by Gasteiger charge is -2.41. The molecule has 2 fully saturated rings. The Hall–Kier alpha value is -2.08. The Bertz CT molecular complexity index is 746. The van der Waals surface area contributed by atoms with E-state index < -0.39 is 5.97 Å². The molecule has 114 valence electrons. The normalized spacial score (nSPS) is 18.3. The van der Waals surface area contributed by atoms with E-state index in [2.05, 4.69) is 15.0 Å². The summed E-state index contributed by atoms with van der Waals surface area (Å²) in [5.74, 6) is -0.0735. The predicted molar refractivity (Wildman–Crippen MR) is 81.4 cm³/mol. The monoisotopic (exact) mass is 318 g/mol. The van der Waals surface area contributed by atoms with Gasteiger partial charge in [-0.3, -0.25) is 4.68 Å². The molecule has 0 amide bonds. The van der Waals surface area contributed by atoms with Gasteiger partial charge in [-0.25, -0.2) is 9.78 Å². The molecule has 3 heterocycles. The van der Waals surface area contributed by atoms with Gasteiger partial charge in [0.05, 0.1) is 18.3 Å². The van der Waals surface area contributed by atoms with Crippen molar-refractivity contribution in [2.45, 2.75) is 19.4 Å². The van der Waals surface area contributed by atoms with Crippen molar-refractivity contribution < 1.29 is 9.90 Å². The largest absolute Gasteiger partial charge is 0.478 e. The van der Waals surface area contributed by atoms with E-state index in [0.29, 0.717) is 17.1 Å². The zero-order chi connectivity index (χ0) is 15.3. The molecule has 2 aliphatic rings. The van der Waals surface area contributed by atoms with Crippen LogP contribution >= 0.6 is 11.6 Å². The molecule has 0 bridgehead atoms. The van der Waals surface area contributed by atoms with Crippen LogP contribution in [0.3, 0.4) is 0 Å². The number of hydrogen-bond donors (Lipinski definition) is 1. The number of anilines is 1. The molecule has 1 saturated heterocycles. The summed E-state index contributed by atoms with van der Waals surface area (Å²) in [4.78, 5) is 17.6. The number of halogens is 1. The van der Waals surface area contributed by atoms with Gasteiger partial charge < -0.3 is 10.0 Å². The van der Waals surface area contributed by atoms with Gasteiger partial charge in [0.15, 0.2) is 0 Å². The van der Waals surface area contributed by atoms with Crippen molar-refractivity contribution in [2.75, 3.05) is 18.0 Å². The lowest BCUT2D eigenvalue weighted by molar-refractivity contribution is 0.0697. The average molecular weight is 319 g/mol. The van der Waals surface area contributed by atoms with Crippen molar-refractivity contribution in [3.05, 3.63) is 40.8 Å². The molecule has 0 unspecified atom stereocenters. The second kappa shape index (κ2) is 4.71. The van der Waals surface area contributed by atoms with Crippen LogP contribution in [-0.4, -0.2) is 38.9 Å². The first-order chi connectivity index (χ1) is 10.5. The average Bonchev–Trinajstić information content (AvgIpc) is 3.11. The Balaban J connectivity index is 1.48. The number of carbonyl (C=O) groups is 1. The van der Waals surface area contributed by atoms with Gasteiger partial charge in [0.25, 0.3) is 0 Å². The third-order valence-corrected chi connectivity index (χ3v) is 4.78. The Labute approximate surface area is 132 Å². The molecule has 4 rings (SSSR count). The molecule has 7 heteroatoms. The highest BCUT2D eigenvalue weighted by Gasteiger charge is 2.52. The molecule has 0 atom stereocenters. The molecule has 1 aliphatic heterocycles. The van der Waals surface area contributed by atoms with E-state index in [1.807, 2.05) is 12.1 Å². The molecule has 2 aromatic rings. The van der Waals surface area contributed by atoms with Gasteiger partial charge in [-0.1, -0.05) is 17.7 Å². The van der Waals surface area contributed by atoms with Gasteiger partial charge in [0.2, 0.25) is 0 Å². The smallest absolute Gasteiger partial charge is 0.338 e. The third kappa shape index (κ3) is 2.33. The van der Waals surface area contributed by atoms with Crippen molar-refractivity contribution in [2.24, 2.45) is 5.41 Å². The molecule has 0 aromatic carbocycles. The first kappa shape index (κ1) is 13.6. The van der Waals surface area contributed by atoms with Gasteiger partial charge in [-0.15, -0.1) is 0 Å². The van der Waals surface area contributed by atoms with E-state index in [0.717, 1.165) is 24.5 Å². The van der Waals surface area contributed by atoms with E-state index in [1.54, 1.807) is 4.68 Å². The van der Waals surface area contributed by atoms with Gasteiger partial charge >= 0.3 is 5.97 Å².